The van der Waals surface area contributed by atoms with E-state index in [-0.39, 0.29) is 11.7 Å². The predicted molar refractivity (Wildman–Crippen MR) is 111 cm³/mol. The van der Waals surface area contributed by atoms with Crippen LogP contribution in [0.25, 0.3) is 15.9 Å². The van der Waals surface area contributed by atoms with E-state index in [1.165, 1.54) is 24.2 Å². The average molecular weight is 446 g/mol. The first-order valence-electron chi connectivity index (χ1n) is 9.24. The second-order valence-corrected chi connectivity index (χ2v) is 9.87. The zero-order chi connectivity index (χ0) is 18.5. The van der Waals surface area contributed by atoms with Gasteiger partial charge in [0.05, 0.1) is 15.0 Å². The van der Waals surface area contributed by atoms with Crippen molar-refractivity contribution in [2.75, 3.05) is 7.05 Å². The molecule has 2 fully saturated rings. The predicted octanol–water partition coefficient (Wildman–Crippen LogP) is 4.21. The van der Waals surface area contributed by atoms with Crippen LogP contribution >= 0.6 is 27.3 Å². The molecule has 1 aromatic carbocycles. The average Bonchev–Trinajstić information content (AvgIpc) is 3.12. The number of benzene rings is 1. The topological polar surface area (TPSA) is 47.4 Å². The van der Waals surface area contributed by atoms with Gasteiger partial charge in [-0.25, -0.2) is 4.98 Å². The number of piperidine rings is 1. The molecule has 2 aliphatic rings. The van der Waals surface area contributed by atoms with Crippen LogP contribution in [0.5, 0.6) is 5.75 Å². The van der Waals surface area contributed by atoms with Crippen LogP contribution in [-0.4, -0.2) is 39.7 Å². The lowest BCUT2D eigenvalue weighted by Crippen LogP contribution is -2.43. The summed E-state index contributed by atoms with van der Waals surface area (Å²) >= 11 is 4.84. The first kappa shape index (κ1) is 17.4. The molecule has 3 atom stereocenters. The maximum atomic E-state index is 12.7. The van der Waals surface area contributed by atoms with Gasteiger partial charge in [0, 0.05) is 12.1 Å². The third kappa shape index (κ3) is 3.11. The number of ether oxygens (including phenoxy) is 1. The molecule has 3 aromatic rings. The van der Waals surface area contributed by atoms with Crippen LogP contribution in [0.4, 0.5) is 0 Å². The van der Waals surface area contributed by atoms with Crippen LogP contribution in [0.2, 0.25) is 0 Å². The normalized spacial score (nSPS) is 25.2. The van der Waals surface area contributed by atoms with E-state index in [2.05, 4.69) is 32.9 Å². The summed E-state index contributed by atoms with van der Waals surface area (Å²) < 4.78 is 9.40. The number of hydrogen-bond acceptors (Lipinski definition) is 5. The molecule has 4 heterocycles. The molecular formula is C20H20BrN3O2S. The molecule has 2 bridgehead atoms. The van der Waals surface area contributed by atoms with Crippen molar-refractivity contribution in [3.8, 4) is 11.4 Å². The number of fused-ring (bicyclic) bond motifs is 3. The lowest BCUT2D eigenvalue weighted by Gasteiger charge is -2.36. The Kier molecular flexibility index (Phi) is 4.33. The molecule has 0 spiro atoms. The molecule has 2 saturated heterocycles. The first-order chi connectivity index (χ1) is 13.1. The minimum Gasteiger partial charge on any atom is -0.490 e. The van der Waals surface area contributed by atoms with Crippen LogP contribution in [0.3, 0.4) is 0 Å². The fourth-order valence-electron chi connectivity index (χ4n) is 4.40. The Morgan fingerprint density at radius 3 is 2.59 bits per heavy atom. The molecule has 0 aliphatic carbocycles. The third-order valence-electron chi connectivity index (χ3n) is 5.88. The largest absolute Gasteiger partial charge is 0.490 e. The maximum Gasteiger partial charge on any atom is 0.275 e. The Balaban J connectivity index is 1.36. The van der Waals surface area contributed by atoms with Crippen molar-refractivity contribution in [2.24, 2.45) is 0 Å². The van der Waals surface area contributed by atoms with Crippen molar-refractivity contribution in [1.29, 1.82) is 0 Å². The lowest BCUT2D eigenvalue weighted by molar-refractivity contribution is 0.0662. The number of nitrogens with zero attached hydrogens (tertiary/aromatic N) is 3. The van der Waals surface area contributed by atoms with E-state index in [1.807, 2.05) is 30.3 Å². The molecule has 2 aromatic heterocycles. The Hall–Kier alpha value is -1.70. The fourth-order valence-corrected chi connectivity index (χ4v) is 5.87. The zero-order valence-electron chi connectivity index (χ0n) is 15.0. The second-order valence-electron chi connectivity index (χ2n) is 7.44. The summed E-state index contributed by atoms with van der Waals surface area (Å²) in [4.78, 5) is 19.6. The minimum absolute atomic E-state index is 0.0451. The Morgan fingerprint density at radius 2 is 1.89 bits per heavy atom. The van der Waals surface area contributed by atoms with E-state index in [0.29, 0.717) is 16.8 Å². The van der Waals surface area contributed by atoms with E-state index in [0.717, 1.165) is 33.6 Å². The number of halogens is 1. The molecule has 2 aliphatic heterocycles. The van der Waals surface area contributed by atoms with Crippen molar-refractivity contribution in [3.63, 3.8) is 0 Å². The van der Waals surface area contributed by atoms with Crippen molar-refractivity contribution in [3.05, 3.63) is 50.8 Å². The SMILES string of the molecule is CN1[C@@H]2CC[C@H]1C[C@H](Oc1ccc(-n3cnc4cc(Br)sc4c3=O)cc1)C2. The van der Waals surface area contributed by atoms with Crippen LogP contribution in [0, 0.1) is 0 Å². The molecule has 27 heavy (non-hydrogen) atoms. The summed E-state index contributed by atoms with van der Waals surface area (Å²) in [6, 6.07) is 11.0. The van der Waals surface area contributed by atoms with E-state index < -0.39 is 0 Å². The Labute approximate surface area is 169 Å². The van der Waals surface area contributed by atoms with Crippen molar-refractivity contribution in [2.45, 2.75) is 43.9 Å². The van der Waals surface area contributed by atoms with E-state index >= 15 is 0 Å². The van der Waals surface area contributed by atoms with Gasteiger partial charge in [0.2, 0.25) is 0 Å². The summed E-state index contributed by atoms with van der Waals surface area (Å²) in [6.45, 7) is 0. The van der Waals surface area contributed by atoms with Gasteiger partial charge in [-0.2, -0.15) is 0 Å². The molecule has 0 radical (unpaired) electrons. The van der Waals surface area contributed by atoms with Gasteiger partial charge in [-0.1, -0.05) is 0 Å². The smallest absolute Gasteiger partial charge is 0.275 e. The highest BCUT2D eigenvalue weighted by molar-refractivity contribution is 9.11. The van der Waals surface area contributed by atoms with Gasteiger partial charge in [-0.05, 0) is 79.0 Å². The molecule has 0 amide bonds. The summed E-state index contributed by atoms with van der Waals surface area (Å²) in [5.74, 6) is 0.869. The van der Waals surface area contributed by atoms with E-state index in [4.69, 9.17) is 4.74 Å². The molecule has 0 unspecified atom stereocenters. The number of aromatic nitrogens is 2. The lowest BCUT2D eigenvalue weighted by atomic mass is 10.0. The van der Waals surface area contributed by atoms with Crippen molar-refractivity contribution in [1.82, 2.24) is 14.5 Å². The van der Waals surface area contributed by atoms with Crippen LogP contribution in [-0.2, 0) is 0 Å². The number of hydrogen-bond donors (Lipinski definition) is 0. The molecule has 140 valence electrons. The van der Waals surface area contributed by atoms with Gasteiger partial charge in [0.1, 0.15) is 22.9 Å². The van der Waals surface area contributed by atoms with E-state index in [9.17, 15) is 4.79 Å². The van der Waals surface area contributed by atoms with Gasteiger partial charge in [-0.15, -0.1) is 11.3 Å². The standard InChI is InChI=1S/C20H20BrN3O2S/c1-23-13-2-3-14(23)9-16(8-13)26-15-6-4-12(5-7-15)24-11-22-17-10-18(21)27-19(17)20(24)25/h4-7,10-11,13-14,16H,2-3,8-9H2,1H3/t13-,14+,16-. The first-order valence-corrected chi connectivity index (χ1v) is 10.8. The zero-order valence-corrected chi connectivity index (χ0v) is 17.4. The van der Waals surface area contributed by atoms with Gasteiger partial charge in [0.25, 0.3) is 5.56 Å². The highest BCUT2D eigenvalue weighted by Crippen LogP contribution is 2.36. The Bertz CT molecular complexity index is 1030. The van der Waals surface area contributed by atoms with Crippen LogP contribution in [0.15, 0.2) is 45.2 Å². The summed E-state index contributed by atoms with van der Waals surface area (Å²) in [6.07, 6.45) is 6.65. The molecule has 0 N–H and O–H groups in total. The van der Waals surface area contributed by atoms with Crippen LogP contribution < -0.4 is 10.3 Å². The van der Waals surface area contributed by atoms with Gasteiger partial charge in [0.15, 0.2) is 0 Å². The quantitative estimate of drug-likeness (QED) is 0.605. The third-order valence-corrected chi connectivity index (χ3v) is 7.50. The molecule has 0 saturated carbocycles. The fraction of sp³-hybridized carbons (Fsp3) is 0.400. The van der Waals surface area contributed by atoms with Crippen molar-refractivity contribution < 1.29 is 4.74 Å². The molecular weight excluding hydrogens is 426 g/mol. The maximum absolute atomic E-state index is 12.7. The molecule has 5 nitrogen and oxygen atoms in total. The van der Waals surface area contributed by atoms with Crippen molar-refractivity contribution >= 4 is 37.5 Å². The summed E-state index contributed by atoms with van der Waals surface area (Å²) in [7, 11) is 2.24. The number of rotatable bonds is 3. The van der Waals surface area contributed by atoms with Gasteiger partial charge >= 0.3 is 0 Å². The van der Waals surface area contributed by atoms with Gasteiger partial charge in [-0.3, -0.25) is 9.36 Å². The van der Waals surface area contributed by atoms with Gasteiger partial charge < -0.3 is 9.64 Å². The molecule has 5 rings (SSSR count). The highest BCUT2D eigenvalue weighted by atomic mass is 79.9. The minimum atomic E-state index is -0.0451. The number of thiophene rings is 1. The van der Waals surface area contributed by atoms with E-state index in [1.54, 1.807) is 10.9 Å². The summed E-state index contributed by atoms with van der Waals surface area (Å²) in [5.41, 5.74) is 1.48. The van der Waals surface area contributed by atoms with Crippen LogP contribution in [0.1, 0.15) is 25.7 Å². The second kappa shape index (κ2) is 6.72. The Morgan fingerprint density at radius 1 is 1.19 bits per heavy atom. The monoisotopic (exact) mass is 445 g/mol. The highest BCUT2D eigenvalue weighted by Gasteiger charge is 2.39. The molecule has 7 heteroatoms. The summed E-state index contributed by atoms with van der Waals surface area (Å²) in [5, 5.41) is 0.